The van der Waals surface area contributed by atoms with Crippen LogP contribution in [0.1, 0.15) is 18.1 Å². The minimum Gasteiger partial charge on any atom is -0.461 e. The first-order valence-corrected chi connectivity index (χ1v) is 5.59. The Kier molecular flexibility index (Phi) is 4.80. The van der Waals surface area contributed by atoms with Gasteiger partial charge in [-0.2, -0.15) is 4.39 Å². The van der Waals surface area contributed by atoms with Crippen LogP contribution in [0.4, 0.5) is 10.1 Å². The van der Waals surface area contributed by atoms with Gasteiger partial charge in [0, 0.05) is 6.07 Å². The van der Waals surface area contributed by atoms with E-state index in [4.69, 9.17) is 4.74 Å². The van der Waals surface area contributed by atoms with Crippen molar-refractivity contribution in [3.63, 3.8) is 0 Å². The number of carbonyl (C=O) groups excluding carboxylic acids is 1. The van der Waals surface area contributed by atoms with Gasteiger partial charge in [-0.3, -0.25) is 10.1 Å². The Morgan fingerprint density at radius 2 is 2.11 bits per heavy atom. The summed E-state index contributed by atoms with van der Waals surface area (Å²) in [5.41, 5.74) is 0.631. The first-order valence-electron chi connectivity index (χ1n) is 5.59. The predicted octanol–water partition coefficient (Wildman–Crippen LogP) is 2.45. The Labute approximate surface area is 109 Å². The molecule has 0 radical (unpaired) electrons. The maximum absolute atomic E-state index is 13.5. The highest BCUT2D eigenvalue weighted by Crippen LogP contribution is 2.33. The summed E-state index contributed by atoms with van der Waals surface area (Å²) in [6.07, 6.45) is -2.39. The molecule has 0 spiro atoms. The lowest BCUT2D eigenvalue weighted by atomic mass is 10.1. The molecule has 0 heterocycles. The normalized spacial score (nSPS) is 11.8. The molecule has 1 aromatic rings. The lowest BCUT2D eigenvalue weighted by Gasteiger charge is -2.13. The molecule has 1 unspecified atom stereocenters. The molecule has 0 aliphatic heterocycles. The van der Waals surface area contributed by atoms with Gasteiger partial charge in [-0.25, -0.2) is 4.79 Å². The van der Waals surface area contributed by atoms with Crippen LogP contribution in [0.2, 0.25) is 0 Å². The van der Waals surface area contributed by atoms with E-state index in [9.17, 15) is 19.3 Å². The Hall–Kier alpha value is -2.18. The van der Waals surface area contributed by atoms with Gasteiger partial charge in [0.15, 0.2) is 0 Å². The quantitative estimate of drug-likeness (QED) is 0.467. The number of esters is 1. The smallest absolute Gasteiger partial charge is 0.381 e. The summed E-state index contributed by atoms with van der Waals surface area (Å²) in [7, 11) is 0. The largest absolute Gasteiger partial charge is 0.461 e. The van der Waals surface area contributed by atoms with Crippen LogP contribution in [0.25, 0.3) is 0 Å². The number of hydrogen-bond donors (Lipinski definition) is 0. The Bertz CT molecular complexity index is 503. The summed E-state index contributed by atoms with van der Waals surface area (Å²) in [6.45, 7) is 4.72. The fraction of sp³-hybridized carbons (Fsp3) is 0.417. The molecule has 0 saturated carbocycles. The van der Waals surface area contributed by atoms with E-state index < -0.39 is 17.3 Å². The van der Waals surface area contributed by atoms with Gasteiger partial charge >= 0.3 is 18.0 Å². The van der Waals surface area contributed by atoms with E-state index in [0.29, 0.717) is 11.1 Å². The second-order valence-electron chi connectivity index (χ2n) is 3.87. The molecule has 0 N–H and O–H groups in total. The number of halogens is 1. The van der Waals surface area contributed by atoms with Crippen molar-refractivity contribution >= 4 is 11.7 Å². The highest BCUT2D eigenvalue weighted by atomic mass is 19.1. The fourth-order valence-corrected chi connectivity index (χ4v) is 1.58. The van der Waals surface area contributed by atoms with Crippen LogP contribution < -0.4 is 4.74 Å². The van der Waals surface area contributed by atoms with Crippen LogP contribution in [-0.2, 0) is 9.53 Å². The lowest BCUT2D eigenvalue weighted by molar-refractivity contribution is -0.386. The molecule has 0 bridgehead atoms. The molecule has 0 aromatic heterocycles. The van der Waals surface area contributed by atoms with Crippen molar-refractivity contribution in [1.82, 2.24) is 0 Å². The van der Waals surface area contributed by atoms with Crippen LogP contribution in [0.15, 0.2) is 12.1 Å². The summed E-state index contributed by atoms with van der Waals surface area (Å²) in [5, 5.41) is 10.9. The third-order valence-corrected chi connectivity index (χ3v) is 2.29. The molecule has 19 heavy (non-hydrogen) atoms. The second kappa shape index (κ2) is 6.12. The minimum absolute atomic E-state index is 0.00239. The van der Waals surface area contributed by atoms with E-state index >= 15 is 0 Å². The number of aryl methyl sites for hydroxylation is 2. The van der Waals surface area contributed by atoms with Crippen molar-refractivity contribution in [2.45, 2.75) is 27.1 Å². The number of alkyl halides is 1. The summed E-state index contributed by atoms with van der Waals surface area (Å²) in [4.78, 5) is 21.3. The maximum Gasteiger partial charge on any atom is 0.381 e. The number of nitro benzene ring substituents is 1. The molecule has 7 heteroatoms. The van der Waals surface area contributed by atoms with E-state index in [2.05, 4.69) is 4.74 Å². The fourth-order valence-electron chi connectivity index (χ4n) is 1.58. The zero-order valence-corrected chi connectivity index (χ0v) is 10.8. The van der Waals surface area contributed by atoms with Gasteiger partial charge in [0.05, 0.1) is 11.5 Å². The number of ether oxygens (including phenoxy) is 2. The summed E-state index contributed by atoms with van der Waals surface area (Å²) < 4.78 is 22.6. The first-order chi connectivity index (χ1) is 8.86. The molecule has 0 saturated heterocycles. The molecular weight excluding hydrogens is 257 g/mol. The number of nitrogens with zero attached hydrogens (tertiary/aromatic N) is 1. The molecule has 1 atom stereocenters. The molecule has 1 rings (SSSR count). The second-order valence-corrected chi connectivity index (χ2v) is 3.87. The number of rotatable bonds is 5. The highest BCUT2D eigenvalue weighted by molar-refractivity contribution is 5.73. The van der Waals surface area contributed by atoms with Crippen molar-refractivity contribution < 1.29 is 23.6 Å². The summed E-state index contributed by atoms with van der Waals surface area (Å²) in [5.74, 6) is -1.48. The Morgan fingerprint density at radius 3 is 2.63 bits per heavy atom. The van der Waals surface area contributed by atoms with Gasteiger partial charge in [-0.15, -0.1) is 0 Å². The van der Waals surface area contributed by atoms with Crippen LogP contribution in [-0.4, -0.2) is 23.9 Å². The molecule has 6 nitrogen and oxygen atoms in total. The van der Waals surface area contributed by atoms with Crippen molar-refractivity contribution in [3.8, 4) is 5.75 Å². The number of carbonyl (C=O) groups is 1. The molecular formula is C12H14FNO5. The Balaban J connectivity index is 3.06. The predicted molar refractivity (Wildman–Crippen MR) is 64.7 cm³/mol. The van der Waals surface area contributed by atoms with Gasteiger partial charge in [0.2, 0.25) is 5.75 Å². The number of benzene rings is 1. The molecule has 104 valence electrons. The average molecular weight is 271 g/mol. The van der Waals surface area contributed by atoms with E-state index in [-0.39, 0.29) is 18.0 Å². The topological polar surface area (TPSA) is 78.7 Å². The standard InChI is InChI=1S/C12H14FNO5/c1-4-18-12(15)11(13)19-10-8(3)5-7(2)6-9(10)14(16)17/h5-6,11H,4H2,1-3H3. The van der Waals surface area contributed by atoms with Gasteiger partial charge < -0.3 is 9.47 Å². The summed E-state index contributed by atoms with van der Waals surface area (Å²) in [6, 6.07) is 2.85. The third kappa shape index (κ3) is 3.64. The zero-order valence-electron chi connectivity index (χ0n) is 10.8. The van der Waals surface area contributed by atoms with Crippen LogP contribution in [0.5, 0.6) is 5.75 Å². The van der Waals surface area contributed by atoms with E-state index in [1.165, 1.54) is 19.9 Å². The van der Waals surface area contributed by atoms with E-state index in [1.54, 1.807) is 13.0 Å². The highest BCUT2D eigenvalue weighted by Gasteiger charge is 2.26. The first kappa shape index (κ1) is 14.9. The van der Waals surface area contributed by atoms with Crippen LogP contribution >= 0.6 is 0 Å². The molecule has 0 aliphatic rings. The van der Waals surface area contributed by atoms with Gasteiger partial charge in [-0.05, 0) is 31.9 Å². The zero-order chi connectivity index (χ0) is 14.6. The average Bonchev–Trinajstić information content (AvgIpc) is 2.32. The van der Waals surface area contributed by atoms with Crippen molar-refractivity contribution in [3.05, 3.63) is 33.4 Å². The number of nitro groups is 1. The molecule has 0 amide bonds. The Morgan fingerprint density at radius 1 is 1.47 bits per heavy atom. The summed E-state index contributed by atoms with van der Waals surface area (Å²) >= 11 is 0. The van der Waals surface area contributed by atoms with E-state index in [1.807, 2.05) is 0 Å². The number of hydrogen-bond acceptors (Lipinski definition) is 5. The molecule has 1 aromatic carbocycles. The maximum atomic E-state index is 13.5. The van der Waals surface area contributed by atoms with Gasteiger partial charge in [0.25, 0.3) is 0 Å². The van der Waals surface area contributed by atoms with Crippen molar-refractivity contribution in [1.29, 1.82) is 0 Å². The van der Waals surface area contributed by atoms with Crippen LogP contribution in [0.3, 0.4) is 0 Å². The molecule has 0 fully saturated rings. The van der Waals surface area contributed by atoms with Crippen LogP contribution in [0, 0.1) is 24.0 Å². The SMILES string of the molecule is CCOC(=O)C(F)Oc1c(C)cc(C)cc1[N+](=O)[O-]. The lowest BCUT2D eigenvalue weighted by Crippen LogP contribution is -2.25. The third-order valence-electron chi connectivity index (χ3n) is 2.29. The minimum atomic E-state index is -2.39. The molecule has 0 aliphatic carbocycles. The van der Waals surface area contributed by atoms with Crippen molar-refractivity contribution in [2.24, 2.45) is 0 Å². The van der Waals surface area contributed by atoms with Gasteiger partial charge in [-0.1, -0.05) is 6.07 Å². The van der Waals surface area contributed by atoms with E-state index in [0.717, 1.165) is 0 Å². The van der Waals surface area contributed by atoms with Gasteiger partial charge in [0.1, 0.15) is 0 Å². The monoisotopic (exact) mass is 271 g/mol. The van der Waals surface area contributed by atoms with Crippen molar-refractivity contribution in [2.75, 3.05) is 6.61 Å².